The molecule has 1 aliphatic rings. The van der Waals surface area contributed by atoms with Crippen LogP contribution in [0.25, 0.3) is 0 Å². The summed E-state index contributed by atoms with van der Waals surface area (Å²) in [5.74, 6) is -0.0151. The van der Waals surface area contributed by atoms with E-state index < -0.39 is 5.60 Å². The third-order valence-corrected chi connectivity index (χ3v) is 5.41. The summed E-state index contributed by atoms with van der Waals surface area (Å²) in [7, 11) is 3.43. The molecule has 1 saturated carbocycles. The van der Waals surface area contributed by atoms with Gasteiger partial charge in [0, 0.05) is 19.5 Å². The quantitative estimate of drug-likeness (QED) is 0.873. The van der Waals surface area contributed by atoms with Crippen LogP contribution in [0.3, 0.4) is 0 Å². The van der Waals surface area contributed by atoms with E-state index in [0.29, 0.717) is 6.54 Å². The number of ether oxygens (including phenoxy) is 1. The van der Waals surface area contributed by atoms with Crippen LogP contribution >= 0.6 is 11.3 Å². The van der Waals surface area contributed by atoms with Crippen molar-refractivity contribution in [2.45, 2.75) is 63.7 Å². The lowest BCUT2D eigenvalue weighted by molar-refractivity contribution is -0.137. The van der Waals surface area contributed by atoms with Crippen molar-refractivity contribution in [3.05, 3.63) is 16.1 Å². The molecule has 0 spiro atoms. The van der Waals surface area contributed by atoms with Crippen molar-refractivity contribution >= 4 is 17.2 Å². The van der Waals surface area contributed by atoms with Gasteiger partial charge in [-0.15, -0.1) is 11.3 Å². The maximum Gasteiger partial charge on any atom is 0.225 e. The molecule has 0 radical (unpaired) electrons. The zero-order chi connectivity index (χ0) is 16.2. The minimum atomic E-state index is -0.804. The Hall–Kier alpha value is -0.980. The first-order valence-corrected chi connectivity index (χ1v) is 8.75. The molecule has 1 heterocycles. The molecule has 0 bridgehead atoms. The highest BCUT2D eigenvalue weighted by atomic mass is 32.1. The molecular formula is C16H26N2O3S. The van der Waals surface area contributed by atoms with Gasteiger partial charge < -0.3 is 14.7 Å². The highest BCUT2D eigenvalue weighted by Crippen LogP contribution is 2.31. The molecule has 0 aliphatic heterocycles. The summed E-state index contributed by atoms with van der Waals surface area (Å²) in [5.41, 5.74) is 0.0666. The topological polar surface area (TPSA) is 62.7 Å². The Morgan fingerprint density at radius 2 is 2.18 bits per heavy atom. The lowest BCUT2D eigenvalue weighted by Crippen LogP contribution is -2.39. The van der Waals surface area contributed by atoms with Gasteiger partial charge in [-0.05, 0) is 19.8 Å². The molecule has 1 N–H and O–H groups in total. The number of hydrogen-bond acceptors (Lipinski definition) is 5. The predicted molar refractivity (Wildman–Crippen MR) is 86.7 cm³/mol. The Morgan fingerprint density at radius 3 is 2.82 bits per heavy atom. The molecule has 6 heteroatoms. The summed E-state index contributed by atoms with van der Waals surface area (Å²) in [6.45, 7) is 2.43. The Labute approximate surface area is 136 Å². The van der Waals surface area contributed by atoms with Gasteiger partial charge in [-0.1, -0.05) is 19.3 Å². The van der Waals surface area contributed by atoms with Gasteiger partial charge in [-0.25, -0.2) is 4.98 Å². The van der Waals surface area contributed by atoms with Gasteiger partial charge in [-0.2, -0.15) is 0 Å². The SMILES string of the molecule is COC(C)c1nc(CN(C)C(=O)CC2(O)CCCCC2)cs1. The summed E-state index contributed by atoms with van der Waals surface area (Å²) in [5, 5.41) is 13.4. The van der Waals surface area contributed by atoms with Crippen molar-refractivity contribution in [1.29, 1.82) is 0 Å². The Kier molecular flexibility index (Phi) is 5.94. The Morgan fingerprint density at radius 1 is 1.50 bits per heavy atom. The highest BCUT2D eigenvalue weighted by Gasteiger charge is 2.32. The molecule has 1 aromatic heterocycles. The summed E-state index contributed by atoms with van der Waals surface area (Å²) in [4.78, 5) is 18.5. The number of hydrogen-bond donors (Lipinski definition) is 1. The lowest BCUT2D eigenvalue weighted by atomic mass is 9.82. The molecule has 22 heavy (non-hydrogen) atoms. The second kappa shape index (κ2) is 7.53. The first-order chi connectivity index (χ1) is 10.4. The van der Waals surface area contributed by atoms with E-state index in [1.165, 1.54) is 0 Å². The van der Waals surface area contributed by atoms with Gasteiger partial charge in [0.05, 0.1) is 24.3 Å². The van der Waals surface area contributed by atoms with E-state index in [4.69, 9.17) is 4.74 Å². The van der Waals surface area contributed by atoms with Gasteiger partial charge in [0.25, 0.3) is 0 Å². The molecule has 0 saturated heterocycles. The average Bonchev–Trinajstić information content (AvgIpc) is 2.95. The zero-order valence-corrected chi connectivity index (χ0v) is 14.5. The van der Waals surface area contributed by atoms with Gasteiger partial charge in [0.2, 0.25) is 5.91 Å². The number of aliphatic hydroxyl groups is 1. The summed E-state index contributed by atoms with van der Waals surface area (Å²) in [6, 6.07) is 0. The maximum atomic E-state index is 12.3. The molecule has 124 valence electrons. The van der Waals surface area contributed by atoms with E-state index in [-0.39, 0.29) is 18.4 Å². The number of rotatable bonds is 6. The number of methoxy groups -OCH3 is 1. The molecule has 2 rings (SSSR count). The van der Waals surface area contributed by atoms with Crippen LogP contribution in [0.1, 0.15) is 62.3 Å². The molecule has 1 aromatic rings. The predicted octanol–water partition coefficient (Wildman–Crippen LogP) is 2.89. The molecule has 1 amide bonds. The standard InChI is InChI=1S/C16H26N2O3S/c1-12(21-3)15-17-13(11-22-15)10-18(2)14(19)9-16(20)7-5-4-6-8-16/h11-12,20H,4-10H2,1-3H3. The van der Waals surface area contributed by atoms with E-state index in [1.54, 1.807) is 30.4 Å². The van der Waals surface area contributed by atoms with Crippen molar-refractivity contribution in [2.24, 2.45) is 0 Å². The lowest BCUT2D eigenvalue weighted by Gasteiger charge is -2.32. The van der Waals surface area contributed by atoms with Gasteiger partial charge in [0.15, 0.2) is 0 Å². The fraction of sp³-hybridized carbons (Fsp3) is 0.750. The summed E-state index contributed by atoms with van der Waals surface area (Å²) in [6.07, 6.45) is 4.84. The first-order valence-electron chi connectivity index (χ1n) is 7.87. The number of carbonyl (C=O) groups is 1. The van der Waals surface area contributed by atoms with Crippen molar-refractivity contribution < 1.29 is 14.6 Å². The van der Waals surface area contributed by atoms with Crippen LogP contribution in [0.15, 0.2) is 5.38 Å². The fourth-order valence-electron chi connectivity index (χ4n) is 2.82. The Balaban J connectivity index is 1.89. The molecule has 5 nitrogen and oxygen atoms in total. The number of aromatic nitrogens is 1. The molecule has 1 fully saturated rings. The molecule has 0 aromatic carbocycles. The first kappa shape index (κ1) is 17.4. The largest absolute Gasteiger partial charge is 0.389 e. The molecular weight excluding hydrogens is 300 g/mol. The normalized spacial score (nSPS) is 18.9. The summed E-state index contributed by atoms with van der Waals surface area (Å²) < 4.78 is 5.25. The highest BCUT2D eigenvalue weighted by molar-refractivity contribution is 7.09. The van der Waals surface area contributed by atoms with Crippen molar-refractivity contribution in [1.82, 2.24) is 9.88 Å². The second-order valence-corrected chi connectivity index (χ2v) is 7.16. The smallest absolute Gasteiger partial charge is 0.225 e. The average molecular weight is 326 g/mol. The van der Waals surface area contributed by atoms with Crippen LogP contribution in [-0.4, -0.2) is 40.7 Å². The van der Waals surface area contributed by atoms with Crippen molar-refractivity contribution in [3.8, 4) is 0 Å². The molecule has 1 atom stereocenters. The van der Waals surface area contributed by atoms with Crippen LogP contribution in [0.4, 0.5) is 0 Å². The van der Waals surface area contributed by atoms with E-state index >= 15 is 0 Å². The van der Waals surface area contributed by atoms with Crippen LogP contribution in [0, 0.1) is 0 Å². The van der Waals surface area contributed by atoms with Crippen LogP contribution in [0.5, 0.6) is 0 Å². The van der Waals surface area contributed by atoms with Gasteiger partial charge >= 0.3 is 0 Å². The third-order valence-electron chi connectivity index (χ3n) is 4.36. The fourth-order valence-corrected chi connectivity index (χ4v) is 3.66. The Bertz CT molecular complexity index is 497. The zero-order valence-electron chi connectivity index (χ0n) is 13.7. The second-order valence-electron chi connectivity index (χ2n) is 6.27. The monoisotopic (exact) mass is 326 g/mol. The van der Waals surface area contributed by atoms with E-state index in [0.717, 1.165) is 42.8 Å². The van der Waals surface area contributed by atoms with Gasteiger partial charge in [0.1, 0.15) is 11.1 Å². The van der Waals surface area contributed by atoms with Crippen LogP contribution in [0.2, 0.25) is 0 Å². The maximum absolute atomic E-state index is 12.3. The van der Waals surface area contributed by atoms with Crippen LogP contribution < -0.4 is 0 Å². The molecule has 1 aliphatic carbocycles. The van der Waals surface area contributed by atoms with Crippen LogP contribution in [-0.2, 0) is 16.1 Å². The summed E-state index contributed by atoms with van der Waals surface area (Å²) >= 11 is 1.55. The number of amides is 1. The van der Waals surface area contributed by atoms with Crippen molar-refractivity contribution in [3.63, 3.8) is 0 Å². The van der Waals surface area contributed by atoms with Gasteiger partial charge in [-0.3, -0.25) is 4.79 Å². The number of carbonyl (C=O) groups excluding carboxylic acids is 1. The van der Waals surface area contributed by atoms with E-state index in [2.05, 4.69) is 4.98 Å². The molecule has 1 unspecified atom stereocenters. The number of thiazole rings is 1. The number of nitrogens with zero attached hydrogens (tertiary/aromatic N) is 2. The minimum absolute atomic E-state index is 0.0151. The third kappa shape index (κ3) is 4.51. The van der Waals surface area contributed by atoms with Crippen molar-refractivity contribution in [2.75, 3.05) is 14.2 Å². The van der Waals surface area contributed by atoms with E-state index in [1.807, 2.05) is 12.3 Å². The minimum Gasteiger partial charge on any atom is -0.389 e. The van der Waals surface area contributed by atoms with E-state index in [9.17, 15) is 9.90 Å².